The maximum Gasteiger partial charge on any atom is 0.255 e. The molecule has 1 fully saturated rings. The van der Waals surface area contributed by atoms with Gasteiger partial charge < -0.3 is 30.9 Å². The maximum atomic E-state index is 13.2. The summed E-state index contributed by atoms with van der Waals surface area (Å²) in [4.78, 5) is 26.2. The molecule has 2 aromatic carbocycles. The van der Waals surface area contributed by atoms with Crippen molar-refractivity contribution in [2.24, 2.45) is 17.6 Å². The van der Waals surface area contributed by atoms with E-state index in [9.17, 15) is 14.7 Å². The Morgan fingerprint density at radius 2 is 1.71 bits per heavy atom. The largest absolute Gasteiger partial charge is 0.493 e. The van der Waals surface area contributed by atoms with Crippen LogP contribution < -0.4 is 21.1 Å². The molecule has 0 aliphatic heterocycles. The molecule has 226 valence electrons. The second-order valence-electron chi connectivity index (χ2n) is 11.4. The number of ether oxygens (including phenoxy) is 2. The number of amides is 2. The van der Waals surface area contributed by atoms with E-state index in [1.54, 1.807) is 31.4 Å². The van der Waals surface area contributed by atoms with Gasteiger partial charge in [0.15, 0.2) is 0 Å². The van der Waals surface area contributed by atoms with Crippen LogP contribution in [0.5, 0.6) is 5.75 Å². The molecule has 8 nitrogen and oxygen atoms in total. The van der Waals surface area contributed by atoms with Crippen LogP contribution in [0.25, 0.3) is 0 Å². The Labute approximate surface area is 249 Å². The maximum absolute atomic E-state index is 13.2. The Morgan fingerprint density at radius 3 is 2.34 bits per heavy atom. The first-order valence-electron chi connectivity index (χ1n) is 14.6. The Bertz CT molecular complexity index is 1110. The molecule has 5 N–H and O–H groups in total. The van der Waals surface area contributed by atoms with E-state index in [-0.39, 0.29) is 30.2 Å². The minimum Gasteiger partial charge on any atom is -0.493 e. The summed E-state index contributed by atoms with van der Waals surface area (Å²) in [6.45, 7) is 5.80. The van der Waals surface area contributed by atoms with Crippen LogP contribution in [0.3, 0.4) is 0 Å². The summed E-state index contributed by atoms with van der Waals surface area (Å²) in [5.74, 6) is 0.503. The van der Waals surface area contributed by atoms with Gasteiger partial charge in [-0.25, -0.2) is 0 Å². The van der Waals surface area contributed by atoms with E-state index < -0.39 is 17.6 Å². The summed E-state index contributed by atoms with van der Waals surface area (Å²) in [5.41, 5.74) is 7.25. The van der Waals surface area contributed by atoms with Crippen LogP contribution in [0.4, 0.5) is 0 Å². The summed E-state index contributed by atoms with van der Waals surface area (Å²) in [6.07, 6.45) is 3.81. The first-order chi connectivity index (χ1) is 19.7. The second kappa shape index (κ2) is 16.1. The van der Waals surface area contributed by atoms with Gasteiger partial charge in [-0.05, 0) is 73.8 Å². The third kappa shape index (κ3) is 9.17. The summed E-state index contributed by atoms with van der Waals surface area (Å²) >= 11 is 6.03. The zero-order chi connectivity index (χ0) is 29.8. The van der Waals surface area contributed by atoms with Crippen molar-refractivity contribution in [3.8, 4) is 5.75 Å². The number of para-hydroxylation sites is 1. The van der Waals surface area contributed by atoms with E-state index in [1.807, 2.05) is 24.3 Å². The van der Waals surface area contributed by atoms with Gasteiger partial charge in [-0.1, -0.05) is 56.1 Å². The van der Waals surface area contributed by atoms with Gasteiger partial charge in [-0.3, -0.25) is 9.59 Å². The van der Waals surface area contributed by atoms with Gasteiger partial charge in [0.2, 0.25) is 5.91 Å². The zero-order valence-corrected chi connectivity index (χ0v) is 25.3. The highest BCUT2D eigenvalue weighted by molar-refractivity contribution is 6.30. The molecule has 41 heavy (non-hydrogen) atoms. The van der Waals surface area contributed by atoms with Crippen LogP contribution in [0.1, 0.15) is 68.3 Å². The van der Waals surface area contributed by atoms with Crippen molar-refractivity contribution in [1.82, 2.24) is 10.6 Å². The Kier molecular flexibility index (Phi) is 12.9. The standard InChI is InChI=1S/C32H46ClN3O5/c1-22(2)23(20-35-30(38)26-9-4-5-10-29(26)41-18-7-6-17-40-3)19-27(34)28(37)21-36-31(39)32(15-8-16-32)24-11-13-25(33)14-12-24/h4-5,9-14,22-23,27-28,37H,6-8,15-21,34H2,1-3H3,(H,35,38)(H,36,39). The third-order valence-electron chi connectivity index (χ3n) is 8.18. The number of carbonyl (C=O) groups is 2. The fraction of sp³-hybridized carbons (Fsp3) is 0.562. The highest BCUT2D eigenvalue weighted by Gasteiger charge is 2.45. The predicted molar refractivity (Wildman–Crippen MR) is 162 cm³/mol. The molecule has 0 bridgehead atoms. The Balaban J connectivity index is 1.50. The van der Waals surface area contributed by atoms with Crippen LogP contribution >= 0.6 is 11.6 Å². The summed E-state index contributed by atoms with van der Waals surface area (Å²) in [5, 5.41) is 17.4. The number of nitrogens with two attached hydrogens (primary N) is 1. The Morgan fingerprint density at radius 1 is 1.02 bits per heavy atom. The van der Waals surface area contributed by atoms with Crippen LogP contribution in [-0.4, -0.2) is 62.5 Å². The molecule has 3 atom stereocenters. The summed E-state index contributed by atoms with van der Waals surface area (Å²) in [7, 11) is 1.67. The lowest BCUT2D eigenvalue weighted by Gasteiger charge is -2.41. The number of hydrogen-bond donors (Lipinski definition) is 4. The number of aliphatic hydroxyl groups is 1. The second-order valence-corrected chi connectivity index (χ2v) is 11.8. The first-order valence-corrected chi connectivity index (χ1v) is 15.0. The molecule has 0 aromatic heterocycles. The molecule has 1 saturated carbocycles. The van der Waals surface area contributed by atoms with Gasteiger partial charge in [0.1, 0.15) is 5.75 Å². The highest BCUT2D eigenvalue weighted by Crippen LogP contribution is 2.44. The minimum absolute atomic E-state index is 0.0356. The van der Waals surface area contributed by atoms with Gasteiger partial charge in [0, 0.05) is 37.9 Å². The van der Waals surface area contributed by atoms with Crippen molar-refractivity contribution < 1.29 is 24.2 Å². The minimum atomic E-state index is -0.912. The predicted octanol–water partition coefficient (Wildman–Crippen LogP) is 4.46. The van der Waals surface area contributed by atoms with Gasteiger partial charge in [-0.2, -0.15) is 0 Å². The van der Waals surface area contributed by atoms with Crippen molar-refractivity contribution in [2.45, 2.75) is 69.9 Å². The molecule has 9 heteroatoms. The molecule has 0 spiro atoms. The molecular formula is C32H46ClN3O5. The first kappa shape index (κ1) is 32.9. The zero-order valence-electron chi connectivity index (χ0n) is 24.5. The molecule has 0 saturated heterocycles. The molecule has 0 radical (unpaired) electrons. The topological polar surface area (TPSA) is 123 Å². The van der Waals surface area contributed by atoms with E-state index in [4.69, 9.17) is 26.8 Å². The van der Waals surface area contributed by atoms with Gasteiger partial charge in [-0.15, -0.1) is 0 Å². The number of aliphatic hydroxyl groups excluding tert-OH is 1. The monoisotopic (exact) mass is 587 g/mol. The van der Waals surface area contributed by atoms with Crippen molar-refractivity contribution >= 4 is 23.4 Å². The number of unbranched alkanes of at least 4 members (excludes halogenated alkanes) is 1. The molecule has 2 amide bonds. The van der Waals surface area contributed by atoms with E-state index >= 15 is 0 Å². The lowest BCUT2D eigenvalue weighted by molar-refractivity contribution is -0.130. The third-order valence-corrected chi connectivity index (χ3v) is 8.43. The van der Waals surface area contributed by atoms with E-state index in [0.717, 1.165) is 37.7 Å². The molecule has 1 aliphatic carbocycles. The van der Waals surface area contributed by atoms with Crippen LogP contribution in [0, 0.1) is 11.8 Å². The molecule has 3 unspecified atom stereocenters. The summed E-state index contributed by atoms with van der Waals surface area (Å²) in [6, 6.07) is 14.1. The molecule has 0 heterocycles. The number of halogens is 1. The smallest absolute Gasteiger partial charge is 0.255 e. The molecular weight excluding hydrogens is 542 g/mol. The SMILES string of the molecule is COCCCCOc1ccccc1C(=O)NCC(CC(N)C(O)CNC(=O)C1(c2ccc(Cl)cc2)CCC1)C(C)C. The van der Waals surface area contributed by atoms with Crippen molar-refractivity contribution in [2.75, 3.05) is 33.4 Å². The van der Waals surface area contributed by atoms with Crippen LogP contribution in [0.15, 0.2) is 48.5 Å². The van der Waals surface area contributed by atoms with Crippen molar-refractivity contribution in [3.05, 3.63) is 64.7 Å². The van der Waals surface area contributed by atoms with Crippen LogP contribution in [0.2, 0.25) is 5.02 Å². The van der Waals surface area contributed by atoms with Gasteiger partial charge in [0.25, 0.3) is 5.91 Å². The van der Waals surface area contributed by atoms with E-state index in [2.05, 4.69) is 24.5 Å². The number of hydrogen-bond acceptors (Lipinski definition) is 6. The quantitative estimate of drug-likeness (QED) is 0.203. The molecule has 3 rings (SSSR count). The summed E-state index contributed by atoms with van der Waals surface area (Å²) < 4.78 is 10.9. The van der Waals surface area contributed by atoms with Crippen LogP contribution in [-0.2, 0) is 14.9 Å². The fourth-order valence-corrected chi connectivity index (χ4v) is 5.32. The van der Waals surface area contributed by atoms with Gasteiger partial charge >= 0.3 is 0 Å². The molecule has 2 aromatic rings. The van der Waals surface area contributed by atoms with Gasteiger partial charge in [0.05, 0.1) is 23.7 Å². The normalized spacial score (nSPS) is 16.4. The highest BCUT2D eigenvalue weighted by atomic mass is 35.5. The fourth-order valence-electron chi connectivity index (χ4n) is 5.19. The van der Waals surface area contributed by atoms with Crippen molar-refractivity contribution in [3.63, 3.8) is 0 Å². The van der Waals surface area contributed by atoms with E-state index in [0.29, 0.717) is 42.5 Å². The van der Waals surface area contributed by atoms with Crippen molar-refractivity contribution in [1.29, 1.82) is 0 Å². The Hall–Kier alpha value is -2.65. The number of rotatable bonds is 17. The average molecular weight is 588 g/mol. The number of carbonyl (C=O) groups excluding carboxylic acids is 2. The lowest BCUT2D eigenvalue weighted by Crippen LogP contribution is -2.53. The number of benzene rings is 2. The average Bonchev–Trinajstić information content (AvgIpc) is 2.94. The lowest BCUT2D eigenvalue weighted by atomic mass is 9.64. The number of methoxy groups -OCH3 is 1. The van der Waals surface area contributed by atoms with E-state index in [1.165, 1.54) is 0 Å². The number of nitrogens with one attached hydrogen (secondary N) is 2. The molecule has 1 aliphatic rings.